The van der Waals surface area contributed by atoms with Gasteiger partial charge >= 0.3 is 0 Å². The first-order valence-corrected chi connectivity index (χ1v) is 7.84. The number of primary amides is 1. The minimum Gasteiger partial charge on any atom is -0.366 e. The summed E-state index contributed by atoms with van der Waals surface area (Å²) in [4.78, 5) is 27.5. The van der Waals surface area contributed by atoms with Crippen LogP contribution in [-0.2, 0) is 0 Å². The van der Waals surface area contributed by atoms with Gasteiger partial charge in [-0.2, -0.15) is 0 Å². The molecular formula is C17H20N4O2. The maximum Gasteiger partial charge on any atom is 0.269 e. The number of hydrogen-bond donors (Lipinski definition) is 2. The number of pyridine rings is 2. The van der Waals surface area contributed by atoms with Crippen molar-refractivity contribution in [2.45, 2.75) is 38.0 Å². The van der Waals surface area contributed by atoms with Crippen LogP contribution < -0.4 is 17.1 Å². The normalized spacial score (nSPS) is 15.5. The topological polar surface area (TPSA) is 104 Å². The van der Waals surface area contributed by atoms with Crippen LogP contribution in [0, 0.1) is 0 Å². The molecule has 0 radical (unpaired) electrons. The van der Waals surface area contributed by atoms with Gasteiger partial charge in [0.1, 0.15) is 0 Å². The Kier molecular flexibility index (Phi) is 4.14. The molecule has 1 amide bonds. The van der Waals surface area contributed by atoms with E-state index in [-0.39, 0.29) is 5.56 Å². The Morgan fingerprint density at radius 3 is 2.52 bits per heavy atom. The fourth-order valence-corrected chi connectivity index (χ4v) is 3.17. The minimum absolute atomic E-state index is 0.246. The monoisotopic (exact) mass is 312 g/mol. The Labute approximate surface area is 134 Å². The fraction of sp³-hybridized carbons (Fsp3) is 0.353. The van der Waals surface area contributed by atoms with Gasteiger partial charge in [-0.25, -0.2) is 4.68 Å². The molecule has 1 aliphatic rings. The standard InChI is InChI=1S/C17H20N4O2/c18-17(23)12-6-7-14(20-10-12)13-8-15(21(19)16(22)9-13)11-4-2-1-3-5-11/h6-11H,1-5,19H2,(H2,18,23). The zero-order valence-electron chi connectivity index (χ0n) is 12.9. The van der Waals surface area contributed by atoms with Crippen LogP contribution in [0.3, 0.4) is 0 Å². The van der Waals surface area contributed by atoms with E-state index in [0.29, 0.717) is 22.7 Å². The van der Waals surface area contributed by atoms with Crippen LogP contribution in [0.15, 0.2) is 35.3 Å². The summed E-state index contributed by atoms with van der Waals surface area (Å²) in [6.07, 6.45) is 7.08. The third-order valence-electron chi connectivity index (χ3n) is 4.47. The Hall–Kier alpha value is -2.63. The fourth-order valence-electron chi connectivity index (χ4n) is 3.17. The highest BCUT2D eigenvalue weighted by Gasteiger charge is 2.20. The second-order valence-corrected chi connectivity index (χ2v) is 6.01. The Morgan fingerprint density at radius 1 is 1.17 bits per heavy atom. The van der Waals surface area contributed by atoms with Gasteiger partial charge in [-0.15, -0.1) is 0 Å². The van der Waals surface area contributed by atoms with Gasteiger partial charge in [0.15, 0.2) is 0 Å². The van der Waals surface area contributed by atoms with E-state index in [0.717, 1.165) is 31.4 Å². The van der Waals surface area contributed by atoms with Crippen LogP contribution in [-0.4, -0.2) is 15.6 Å². The summed E-state index contributed by atoms with van der Waals surface area (Å²) in [5.41, 5.74) is 7.51. The average molecular weight is 312 g/mol. The number of carbonyl (C=O) groups is 1. The van der Waals surface area contributed by atoms with E-state index < -0.39 is 5.91 Å². The zero-order valence-corrected chi connectivity index (χ0v) is 12.9. The zero-order chi connectivity index (χ0) is 16.4. The van der Waals surface area contributed by atoms with Gasteiger partial charge in [0.05, 0.1) is 11.3 Å². The van der Waals surface area contributed by atoms with Crippen molar-refractivity contribution in [3.05, 3.63) is 52.1 Å². The molecular weight excluding hydrogens is 292 g/mol. The number of nitrogen functional groups attached to an aromatic ring is 1. The molecule has 0 saturated heterocycles. The third kappa shape index (κ3) is 3.11. The highest BCUT2D eigenvalue weighted by atomic mass is 16.1. The van der Waals surface area contributed by atoms with Crippen molar-refractivity contribution >= 4 is 5.91 Å². The van der Waals surface area contributed by atoms with E-state index in [9.17, 15) is 9.59 Å². The number of amides is 1. The van der Waals surface area contributed by atoms with Gasteiger partial charge in [0, 0.05) is 29.4 Å². The lowest BCUT2D eigenvalue weighted by Crippen LogP contribution is -2.31. The molecule has 4 N–H and O–H groups in total. The maximum atomic E-state index is 12.2. The first-order chi connectivity index (χ1) is 11.1. The number of hydrogen-bond acceptors (Lipinski definition) is 4. The van der Waals surface area contributed by atoms with Crippen LogP contribution >= 0.6 is 0 Å². The number of carbonyl (C=O) groups excluding carboxylic acids is 1. The van der Waals surface area contributed by atoms with Gasteiger partial charge in [0.25, 0.3) is 5.56 Å². The van der Waals surface area contributed by atoms with E-state index in [2.05, 4.69) is 4.98 Å². The van der Waals surface area contributed by atoms with Crippen molar-refractivity contribution in [1.29, 1.82) is 0 Å². The lowest BCUT2D eigenvalue weighted by atomic mass is 9.86. The van der Waals surface area contributed by atoms with Gasteiger partial charge in [-0.1, -0.05) is 19.3 Å². The number of nitrogens with zero attached hydrogens (tertiary/aromatic N) is 2. The molecule has 23 heavy (non-hydrogen) atoms. The van der Waals surface area contributed by atoms with Crippen LogP contribution in [0.25, 0.3) is 11.3 Å². The molecule has 2 heterocycles. The molecule has 2 aromatic heterocycles. The van der Waals surface area contributed by atoms with Crippen molar-refractivity contribution in [2.75, 3.05) is 5.84 Å². The summed E-state index contributed by atoms with van der Waals surface area (Å²) >= 11 is 0. The van der Waals surface area contributed by atoms with E-state index in [1.54, 1.807) is 12.1 Å². The van der Waals surface area contributed by atoms with E-state index in [1.165, 1.54) is 23.4 Å². The van der Waals surface area contributed by atoms with Crippen molar-refractivity contribution in [3.8, 4) is 11.3 Å². The van der Waals surface area contributed by atoms with E-state index in [4.69, 9.17) is 11.6 Å². The highest BCUT2D eigenvalue weighted by Crippen LogP contribution is 2.32. The summed E-state index contributed by atoms with van der Waals surface area (Å²) in [7, 11) is 0. The molecule has 120 valence electrons. The van der Waals surface area contributed by atoms with Crippen LogP contribution in [0.4, 0.5) is 0 Å². The highest BCUT2D eigenvalue weighted by molar-refractivity contribution is 5.92. The van der Waals surface area contributed by atoms with Crippen molar-refractivity contribution in [3.63, 3.8) is 0 Å². The Bertz CT molecular complexity index is 774. The molecule has 0 bridgehead atoms. The number of nitrogens with two attached hydrogens (primary N) is 2. The first kappa shape index (κ1) is 15.3. The smallest absolute Gasteiger partial charge is 0.269 e. The molecule has 1 aliphatic carbocycles. The second-order valence-electron chi connectivity index (χ2n) is 6.01. The van der Waals surface area contributed by atoms with Gasteiger partial charge in [0.2, 0.25) is 5.91 Å². The summed E-state index contributed by atoms with van der Waals surface area (Å²) in [6.45, 7) is 0. The predicted octanol–water partition coefficient (Wildman–Crippen LogP) is 1.77. The summed E-state index contributed by atoms with van der Waals surface area (Å²) in [5, 5.41) is 0. The maximum absolute atomic E-state index is 12.2. The molecule has 2 aromatic rings. The Morgan fingerprint density at radius 2 is 1.91 bits per heavy atom. The summed E-state index contributed by atoms with van der Waals surface area (Å²) in [6, 6.07) is 6.71. The molecule has 0 unspecified atom stereocenters. The SMILES string of the molecule is NC(=O)c1ccc(-c2cc(C3CCCCC3)n(N)c(=O)c2)nc1. The summed E-state index contributed by atoms with van der Waals surface area (Å²) < 4.78 is 1.25. The molecule has 0 aliphatic heterocycles. The molecule has 1 fully saturated rings. The minimum atomic E-state index is -0.524. The first-order valence-electron chi connectivity index (χ1n) is 7.84. The van der Waals surface area contributed by atoms with Crippen molar-refractivity contribution in [2.24, 2.45) is 5.73 Å². The lowest BCUT2D eigenvalue weighted by molar-refractivity contribution is 0.1000. The Balaban J connectivity index is 2.01. The van der Waals surface area contributed by atoms with E-state index >= 15 is 0 Å². The molecule has 0 aromatic carbocycles. The van der Waals surface area contributed by atoms with E-state index in [1.807, 2.05) is 6.07 Å². The largest absolute Gasteiger partial charge is 0.366 e. The van der Waals surface area contributed by atoms with Gasteiger partial charge in [-0.05, 0) is 31.0 Å². The molecule has 6 nitrogen and oxygen atoms in total. The van der Waals surface area contributed by atoms with Crippen LogP contribution in [0.5, 0.6) is 0 Å². The quantitative estimate of drug-likeness (QED) is 0.843. The molecule has 0 spiro atoms. The molecule has 6 heteroatoms. The third-order valence-corrected chi connectivity index (χ3v) is 4.47. The molecule has 1 saturated carbocycles. The lowest BCUT2D eigenvalue weighted by Gasteiger charge is -2.24. The number of rotatable bonds is 3. The summed E-state index contributed by atoms with van der Waals surface area (Å²) in [5.74, 6) is 5.73. The second kappa shape index (κ2) is 6.24. The van der Waals surface area contributed by atoms with Crippen LogP contribution in [0.2, 0.25) is 0 Å². The molecule has 3 rings (SSSR count). The van der Waals surface area contributed by atoms with Crippen molar-refractivity contribution in [1.82, 2.24) is 9.66 Å². The average Bonchev–Trinajstić information content (AvgIpc) is 2.58. The van der Waals surface area contributed by atoms with Gasteiger partial charge in [-0.3, -0.25) is 14.6 Å². The molecule has 0 atom stereocenters. The van der Waals surface area contributed by atoms with Crippen molar-refractivity contribution < 1.29 is 4.79 Å². The number of aromatic nitrogens is 2. The predicted molar refractivity (Wildman–Crippen MR) is 88.4 cm³/mol. The van der Waals surface area contributed by atoms with Gasteiger partial charge < -0.3 is 11.6 Å². The van der Waals surface area contributed by atoms with Crippen LogP contribution in [0.1, 0.15) is 54.1 Å².